The lowest BCUT2D eigenvalue weighted by Crippen LogP contribution is -2.46. The number of carbonyl (C=O) groups excluding carboxylic acids is 1. The zero-order valence-electron chi connectivity index (χ0n) is 14.1. The fraction of sp³-hybridized carbons (Fsp3) is 0.526. The third-order valence-corrected chi connectivity index (χ3v) is 5.12. The highest BCUT2D eigenvalue weighted by Crippen LogP contribution is 2.28. The number of pyridine rings is 1. The van der Waals surface area contributed by atoms with Gasteiger partial charge in [-0.2, -0.15) is 5.26 Å². The Hall–Kier alpha value is -2.35. The SMILES string of the molecule is C[C@@H]1CC=CC[C@H]1C(=O)N1CCC(Nc2ccc(C#N)cn2)CC1. The summed E-state index contributed by atoms with van der Waals surface area (Å²) in [5.74, 6) is 1.72. The highest BCUT2D eigenvalue weighted by atomic mass is 16.2. The molecule has 5 nitrogen and oxygen atoms in total. The van der Waals surface area contributed by atoms with Gasteiger partial charge in [0.2, 0.25) is 5.91 Å². The normalized spacial score (nSPS) is 24.4. The number of hydrogen-bond acceptors (Lipinski definition) is 4. The Balaban J connectivity index is 1.51. The van der Waals surface area contributed by atoms with E-state index in [1.165, 1.54) is 0 Å². The fourth-order valence-electron chi connectivity index (χ4n) is 3.53. The van der Waals surface area contributed by atoms with Crippen LogP contribution < -0.4 is 5.32 Å². The molecule has 1 aromatic rings. The van der Waals surface area contributed by atoms with Gasteiger partial charge >= 0.3 is 0 Å². The van der Waals surface area contributed by atoms with Gasteiger partial charge in [-0.1, -0.05) is 19.1 Å². The standard InChI is InChI=1S/C19H24N4O/c1-14-4-2-3-5-17(14)19(24)23-10-8-16(9-11-23)22-18-7-6-15(12-20)13-21-18/h2-3,6-7,13-14,16-17H,4-5,8-11H2,1H3,(H,21,22)/t14-,17-/m1/s1. The summed E-state index contributed by atoms with van der Waals surface area (Å²) in [5, 5.41) is 12.2. The van der Waals surface area contributed by atoms with E-state index in [9.17, 15) is 4.79 Å². The predicted octanol–water partition coefficient (Wildman–Crippen LogP) is 2.96. The van der Waals surface area contributed by atoms with Crippen molar-refractivity contribution in [1.82, 2.24) is 9.88 Å². The smallest absolute Gasteiger partial charge is 0.226 e. The molecule has 24 heavy (non-hydrogen) atoms. The highest BCUT2D eigenvalue weighted by molar-refractivity contribution is 5.79. The summed E-state index contributed by atoms with van der Waals surface area (Å²) in [6.45, 7) is 3.79. The van der Waals surface area contributed by atoms with E-state index in [4.69, 9.17) is 5.26 Å². The van der Waals surface area contributed by atoms with Crippen molar-refractivity contribution < 1.29 is 4.79 Å². The van der Waals surface area contributed by atoms with Crippen LogP contribution in [0.2, 0.25) is 0 Å². The molecule has 1 fully saturated rings. The number of hydrogen-bond donors (Lipinski definition) is 1. The molecule has 3 rings (SSSR count). The molecule has 2 atom stereocenters. The van der Waals surface area contributed by atoms with Crippen LogP contribution in [0.15, 0.2) is 30.5 Å². The number of carbonyl (C=O) groups is 1. The van der Waals surface area contributed by atoms with Crippen LogP contribution >= 0.6 is 0 Å². The second-order valence-corrected chi connectivity index (χ2v) is 6.81. The molecule has 0 saturated carbocycles. The Morgan fingerprint density at radius 2 is 2.04 bits per heavy atom. The minimum Gasteiger partial charge on any atom is -0.367 e. The van der Waals surface area contributed by atoms with E-state index in [-0.39, 0.29) is 5.92 Å². The Morgan fingerprint density at radius 3 is 2.67 bits per heavy atom. The van der Waals surface area contributed by atoms with Crippen LogP contribution in [0, 0.1) is 23.2 Å². The number of likely N-dealkylation sites (tertiary alicyclic amines) is 1. The van der Waals surface area contributed by atoms with Gasteiger partial charge in [-0.3, -0.25) is 4.79 Å². The van der Waals surface area contributed by atoms with Crippen LogP contribution in [0.4, 0.5) is 5.82 Å². The van der Waals surface area contributed by atoms with Crippen LogP contribution in [-0.2, 0) is 4.79 Å². The molecule has 2 heterocycles. The Labute approximate surface area is 143 Å². The number of allylic oxidation sites excluding steroid dienone is 2. The molecular weight excluding hydrogens is 300 g/mol. The number of anilines is 1. The summed E-state index contributed by atoms with van der Waals surface area (Å²) in [4.78, 5) is 19.0. The molecule has 1 N–H and O–H groups in total. The first-order valence-corrected chi connectivity index (χ1v) is 8.74. The molecule has 126 valence electrons. The number of nitrogens with zero attached hydrogens (tertiary/aromatic N) is 3. The minimum absolute atomic E-state index is 0.153. The molecule has 0 aromatic carbocycles. The van der Waals surface area contributed by atoms with Gasteiger partial charge in [-0.15, -0.1) is 0 Å². The molecular formula is C19H24N4O. The number of amides is 1. The van der Waals surface area contributed by atoms with Crippen molar-refractivity contribution in [3.63, 3.8) is 0 Å². The largest absolute Gasteiger partial charge is 0.367 e. The maximum absolute atomic E-state index is 12.7. The van der Waals surface area contributed by atoms with Crippen molar-refractivity contribution in [3.05, 3.63) is 36.0 Å². The van der Waals surface area contributed by atoms with Crippen molar-refractivity contribution in [2.24, 2.45) is 11.8 Å². The quantitative estimate of drug-likeness (QED) is 0.868. The van der Waals surface area contributed by atoms with Gasteiger partial charge in [0.25, 0.3) is 0 Å². The van der Waals surface area contributed by atoms with Crippen LogP contribution in [-0.4, -0.2) is 34.9 Å². The predicted molar refractivity (Wildman–Crippen MR) is 93.2 cm³/mol. The molecule has 0 unspecified atom stereocenters. The highest BCUT2D eigenvalue weighted by Gasteiger charge is 2.31. The second kappa shape index (κ2) is 7.48. The summed E-state index contributed by atoms with van der Waals surface area (Å²) in [6, 6.07) is 6.01. The molecule has 1 amide bonds. The lowest BCUT2D eigenvalue weighted by atomic mass is 9.83. The van der Waals surface area contributed by atoms with E-state index < -0.39 is 0 Å². The number of nitrogens with one attached hydrogen (secondary N) is 1. The van der Waals surface area contributed by atoms with Crippen molar-refractivity contribution in [3.8, 4) is 6.07 Å². The number of piperidine rings is 1. The van der Waals surface area contributed by atoms with Gasteiger partial charge in [0.05, 0.1) is 5.56 Å². The van der Waals surface area contributed by atoms with E-state index in [0.29, 0.717) is 23.4 Å². The van der Waals surface area contributed by atoms with Crippen LogP contribution in [0.3, 0.4) is 0 Å². The van der Waals surface area contributed by atoms with Gasteiger partial charge < -0.3 is 10.2 Å². The van der Waals surface area contributed by atoms with Gasteiger partial charge in [0.1, 0.15) is 11.9 Å². The summed E-state index contributed by atoms with van der Waals surface area (Å²) < 4.78 is 0. The molecule has 5 heteroatoms. The average Bonchev–Trinajstić information content (AvgIpc) is 2.63. The van der Waals surface area contributed by atoms with E-state index in [2.05, 4.69) is 35.4 Å². The Kier molecular flexibility index (Phi) is 5.14. The van der Waals surface area contributed by atoms with Gasteiger partial charge in [-0.25, -0.2) is 4.98 Å². The van der Waals surface area contributed by atoms with Gasteiger partial charge in [0.15, 0.2) is 0 Å². The minimum atomic E-state index is 0.153. The third-order valence-electron chi connectivity index (χ3n) is 5.12. The zero-order chi connectivity index (χ0) is 16.9. The van der Waals surface area contributed by atoms with Crippen molar-refractivity contribution in [2.75, 3.05) is 18.4 Å². The molecule has 0 spiro atoms. The molecule has 2 aliphatic rings. The summed E-state index contributed by atoms with van der Waals surface area (Å²) in [7, 11) is 0. The first kappa shape index (κ1) is 16.5. The number of rotatable bonds is 3. The lowest BCUT2D eigenvalue weighted by Gasteiger charge is -2.36. The summed E-state index contributed by atoms with van der Waals surface area (Å²) >= 11 is 0. The maximum atomic E-state index is 12.7. The lowest BCUT2D eigenvalue weighted by molar-refractivity contribution is -0.138. The third kappa shape index (κ3) is 3.76. The molecule has 1 aliphatic carbocycles. The van der Waals surface area contributed by atoms with Crippen molar-refractivity contribution >= 4 is 11.7 Å². The Bertz CT molecular complexity index is 638. The molecule has 1 aliphatic heterocycles. The van der Waals surface area contributed by atoms with Crippen LogP contribution in [0.5, 0.6) is 0 Å². The summed E-state index contributed by atoms with van der Waals surface area (Å²) in [6.07, 6.45) is 9.68. The van der Waals surface area contributed by atoms with Crippen LogP contribution in [0.1, 0.15) is 38.2 Å². The number of nitriles is 1. The van der Waals surface area contributed by atoms with Crippen LogP contribution in [0.25, 0.3) is 0 Å². The molecule has 0 bridgehead atoms. The maximum Gasteiger partial charge on any atom is 0.226 e. The van der Waals surface area contributed by atoms with E-state index in [1.54, 1.807) is 12.3 Å². The monoisotopic (exact) mass is 324 g/mol. The van der Waals surface area contributed by atoms with Gasteiger partial charge in [-0.05, 0) is 43.7 Å². The van der Waals surface area contributed by atoms with Crippen molar-refractivity contribution in [1.29, 1.82) is 5.26 Å². The fourth-order valence-corrected chi connectivity index (χ4v) is 3.53. The second-order valence-electron chi connectivity index (χ2n) is 6.81. The van der Waals surface area contributed by atoms with E-state index in [1.807, 2.05) is 11.0 Å². The first-order chi connectivity index (χ1) is 11.7. The average molecular weight is 324 g/mol. The molecule has 1 aromatic heterocycles. The van der Waals surface area contributed by atoms with Crippen molar-refractivity contribution in [2.45, 2.75) is 38.6 Å². The topological polar surface area (TPSA) is 69.0 Å². The van der Waals surface area contributed by atoms with Gasteiger partial charge in [0, 0.05) is 31.2 Å². The molecule has 1 saturated heterocycles. The Morgan fingerprint density at radius 1 is 1.29 bits per heavy atom. The molecule has 0 radical (unpaired) electrons. The first-order valence-electron chi connectivity index (χ1n) is 8.74. The van der Waals surface area contributed by atoms with E-state index in [0.717, 1.165) is 44.6 Å². The van der Waals surface area contributed by atoms with E-state index >= 15 is 0 Å². The summed E-state index contributed by atoms with van der Waals surface area (Å²) in [5.41, 5.74) is 0.566. The zero-order valence-corrected chi connectivity index (χ0v) is 14.1. The number of aromatic nitrogens is 1.